The predicted octanol–water partition coefficient (Wildman–Crippen LogP) is 0.116. The Kier molecular flexibility index (Phi) is 6.20. The Labute approximate surface area is 137 Å². The molecule has 1 aromatic rings. The Hall–Kier alpha value is 0.437. The maximum atomic E-state index is 5.51. The zero-order valence-electron chi connectivity index (χ0n) is 12.5. The molecule has 19 heavy (non-hydrogen) atoms. The van der Waals surface area contributed by atoms with E-state index in [9.17, 15) is 0 Å². The molecule has 2 fully saturated rings. The Morgan fingerprint density at radius 3 is 2.32 bits per heavy atom. The topological polar surface area (TPSA) is 12.5 Å². The smallest absolute Gasteiger partial charge is 1.00 e. The molecule has 0 amide bonds. The van der Waals surface area contributed by atoms with Crippen molar-refractivity contribution in [3.63, 3.8) is 0 Å². The fourth-order valence-corrected chi connectivity index (χ4v) is 6.04. The van der Waals surface area contributed by atoms with Crippen molar-refractivity contribution in [2.75, 3.05) is 37.8 Å². The minimum Gasteiger partial charge on any atom is -1.00 e. The second-order valence-electron chi connectivity index (χ2n) is 4.60. The van der Waals surface area contributed by atoms with Gasteiger partial charge in [0.05, 0.1) is 13.2 Å². The molecule has 2 aliphatic heterocycles. The van der Waals surface area contributed by atoms with Gasteiger partial charge in [0.2, 0.25) is 0 Å². The molecule has 0 aliphatic carbocycles. The van der Waals surface area contributed by atoms with E-state index >= 15 is 0 Å². The first-order valence-electron chi connectivity index (χ1n) is 6.58. The van der Waals surface area contributed by atoms with Gasteiger partial charge in [0.25, 0.3) is 0 Å². The SMILES string of the molecule is [H-].[Li+].c1ccc(C2(N3CCOCC3)SCCCS2)cc1. The fraction of sp³-hybridized carbons (Fsp3) is 0.571. The quantitative estimate of drug-likeness (QED) is 0.717. The van der Waals surface area contributed by atoms with E-state index in [2.05, 4.69) is 58.8 Å². The molecule has 100 valence electrons. The second kappa shape index (κ2) is 7.45. The molecule has 0 N–H and O–H groups in total. The van der Waals surface area contributed by atoms with Crippen molar-refractivity contribution in [3.8, 4) is 0 Å². The molecular formula is C14H20LiNOS2. The second-order valence-corrected chi connectivity index (χ2v) is 7.43. The number of ether oxygens (including phenoxy) is 1. The van der Waals surface area contributed by atoms with Crippen molar-refractivity contribution < 1.29 is 25.0 Å². The van der Waals surface area contributed by atoms with Crippen molar-refractivity contribution >= 4 is 23.5 Å². The molecule has 0 saturated carbocycles. The summed E-state index contributed by atoms with van der Waals surface area (Å²) < 4.78 is 5.64. The monoisotopic (exact) mass is 289 g/mol. The molecule has 0 spiro atoms. The molecule has 0 radical (unpaired) electrons. The van der Waals surface area contributed by atoms with E-state index in [-0.39, 0.29) is 24.5 Å². The molecule has 5 heteroatoms. The summed E-state index contributed by atoms with van der Waals surface area (Å²) in [6.45, 7) is 3.84. The fourth-order valence-electron chi connectivity index (χ4n) is 2.56. The van der Waals surface area contributed by atoms with Crippen molar-refractivity contribution in [2.24, 2.45) is 0 Å². The zero-order chi connectivity index (χ0) is 12.3. The summed E-state index contributed by atoms with van der Waals surface area (Å²) in [7, 11) is 0. The van der Waals surface area contributed by atoms with Gasteiger partial charge < -0.3 is 6.16 Å². The molecule has 2 aliphatic rings. The van der Waals surface area contributed by atoms with Crippen LogP contribution in [-0.2, 0) is 8.94 Å². The van der Waals surface area contributed by atoms with Gasteiger partial charge in [-0.3, -0.25) is 4.90 Å². The first kappa shape index (κ1) is 15.8. The van der Waals surface area contributed by atoms with E-state index in [1.54, 1.807) is 0 Å². The Morgan fingerprint density at radius 2 is 1.68 bits per heavy atom. The third-order valence-corrected chi connectivity index (χ3v) is 6.91. The molecule has 3 rings (SSSR count). The molecule has 0 atom stereocenters. The Balaban J connectivity index is 0.000001000. The van der Waals surface area contributed by atoms with Crippen molar-refractivity contribution in [1.82, 2.24) is 4.90 Å². The maximum absolute atomic E-state index is 5.51. The largest absolute Gasteiger partial charge is 1.00 e. The van der Waals surface area contributed by atoms with Gasteiger partial charge in [0, 0.05) is 13.1 Å². The minimum atomic E-state index is 0. The van der Waals surface area contributed by atoms with Crippen LogP contribution in [0.3, 0.4) is 0 Å². The van der Waals surface area contributed by atoms with E-state index in [0.29, 0.717) is 0 Å². The van der Waals surface area contributed by atoms with Gasteiger partial charge in [-0.25, -0.2) is 0 Å². The van der Waals surface area contributed by atoms with E-state index in [1.807, 2.05) is 0 Å². The Morgan fingerprint density at radius 1 is 1.05 bits per heavy atom. The summed E-state index contributed by atoms with van der Waals surface area (Å²) in [6.07, 6.45) is 1.33. The summed E-state index contributed by atoms with van der Waals surface area (Å²) in [5.41, 5.74) is 1.45. The van der Waals surface area contributed by atoms with Gasteiger partial charge in [-0.1, -0.05) is 30.3 Å². The van der Waals surface area contributed by atoms with Gasteiger partial charge in [0.15, 0.2) is 0 Å². The standard InChI is InChI=1S/C14H19NOS2.Li.H/c1-2-5-13(6-3-1)14(17-11-4-12-18-14)15-7-9-16-10-8-15;;/h1-3,5-6H,4,7-12H2;;/q;+1;-1. The average Bonchev–Trinajstić information content (AvgIpc) is 2.50. The number of benzene rings is 1. The van der Waals surface area contributed by atoms with Crippen LogP contribution in [0.5, 0.6) is 0 Å². The number of rotatable bonds is 2. The van der Waals surface area contributed by atoms with E-state index in [4.69, 9.17) is 4.74 Å². The van der Waals surface area contributed by atoms with E-state index in [1.165, 1.54) is 23.5 Å². The summed E-state index contributed by atoms with van der Waals surface area (Å²) in [5.74, 6) is 2.53. The third-order valence-electron chi connectivity index (χ3n) is 3.45. The van der Waals surface area contributed by atoms with Crippen LogP contribution < -0.4 is 18.9 Å². The average molecular weight is 289 g/mol. The third kappa shape index (κ3) is 3.37. The molecule has 1 aromatic carbocycles. The number of hydrogen-bond donors (Lipinski definition) is 0. The van der Waals surface area contributed by atoms with Crippen LogP contribution in [0.25, 0.3) is 0 Å². The van der Waals surface area contributed by atoms with Gasteiger partial charge >= 0.3 is 18.9 Å². The molecular weight excluding hydrogens is 269 g/mol. The van der Waals surface area contributed by atoms with E-state index < -0.39 is 0 Å². The molecule has 2 heterocycles. The first-order chi connectivity index (χ1) is 8.92. The summed E-state index contributed by atoms with van der Waals surface area (Å²) in [4.78, 5) is 2.61. The number of thioether (sulfide) groups is 2. The van der Waals surface area contributed by atoms with Crippen molar-refractivity contribution in [1.29, 1.82) is 0 Å². The Bertz CT molecular complexity index is 384. The number of nitrogens with zero attached hydrogens (tertiary/aromatic N) is 1. The van der Waals surface area contributed by atoms with Crippen LogP contribution in [0.2, 0.25) is 0 Å². The molecule has 2 nitrogen and oxygen atoms in total. The van der Waals surface area contributed by atoms with Crippen molar-refractivity contribution in [3.05, 3.63) is 35.9 Å². The minimum absolute atomic E-state index is 0. The van der Waals surface area contributed by atoms with Crippen LogP contribution in [0, 0.1) is 0 Å². The predicted molar refractivity (Wildman–Crippen MR) is 81.2 cm³/mol. The molecule has 0 aromatic heterocycles. The number of morpholine rings is 1. The summed E-state index contributed by atoms with van der Waals surface area (Å²) in [5, 5.41) is 0. The van der Waals surface area contributed by atoms with Crippen LogP contribution >= 0.6 is 23.5 Å². The maximum Gasteiger partial charge on any atom is 1.00 e. The van der Waals surface area contributed by atoms with Gasteiger partial charge in [0.1, 0.15) is 4.20 Å². The van der Waals surface area contributed by atoms with Gasteiger partial charge in [-0.2, -0.15) is 0 Å². The van der Waals surface area contributed by atoms with E-state index in [0.717, 1.165) is 26.3 Å². The zero-order valence-corrected chi connectivity index (χ0v) is 13.1. The molecule has 0 unspecified atom stereocenters. The van der Waals surface area contributed by atoms with Crippen LogP contribution in [0.1, 0.15) is 13.4 Å². The van der Waals surface area contributed by atoms with Gasteiger partial charge in [-0.15, -0.1) is 23.5 Å². The van der Waals surface area contributed by atoms with Crippen LogP contribution in [0.15, 0.2) is 30.3 Å². The number of hydrogen-bond acceptors (Lipinski definition) is 4. The van der Waals surface area contributed by atoms with Crippen LogP contribution in [-0.4, -0.2) is 42.7 Å². The molecule has 0 bridgehead atoms. The van der Waals surface area contributed by atoms with Gasteiger partial charge in [-0.05, 0) is 23.5 Å². The van der Waals surface area contributed by atoms with Crippen LogP contribution in [0.4, 0.5) is 0 Å². The first-order valence-corrected chi connectivity index (χ1v) is 8.55. The normalized spacial score (nSPS) is 23.6. The summed E-state index contributed by atoms with van der Waals surface area (Å²) >= 11 is 4.21. The van der Waals surface area contributed by atoms with Crippen molar-refractivity contribution in [2.45, 2.75) is 10.6 Å². The summed E-state index contributed by atoms with van der Waals surface area (Å²) in [6, 6.07) is 11.0. The molecule has 2 saturated heterocycles.